The highest BCUT2D eigenvalue weighted by Crippen LogP contribution is 2.31. The minimum atomic E-state index is -3.17. The zero-order valence-electron chi connectivity index (χ0n) is 19.5. The van der Waals surface area contributed by atoms with Crippen LogP contribution >= 0.6 is 11.6 Å². The van der Waals surface area contributed by atoms with Gasteiger partial charge in [0.2, 0.25) is 0 Å². The van der Waals surface area contributed by atoms with E-state index in [0.717, 1.165) is 12.3 Å². The van der Waals surface area contributed by atoms with Crippen LogP contribution in [0.25, 0.3) is 11.1 Å². The quantitative estimate of drug-likeness (QED) is 0.361. The Morgan fingerprint density at radius 3 is 2.54 bits per heavy atom. The number of nitrogens with zero attached hydrogens (tertiary/aromatic N) is 1. The minimum Gasteiger partial charge on any atom is -0.809 e. The number of nitrogens with one attached hydrogen (secondary N) is 2. The number of amides is 1. The first kappa shape index (κ1) is 28.1. The molecule has 35 heavy (non-hydrogen) atoms. The maximum Gasteiger partial charge on any atom is 0.258 e. The van der Waals surface area contributed by atoms with Crippen molar-refractivity contribution in [1.29, 1.82) is 0 Å². The average molecular weight is 526 g/mol. The van der Waals surface area contributed by atoms with Crippen LogP contribution in [0.15, 0.2) is 41.4 Å². The monoisotopic (exact) mass is 525 g/mol. The number of ether oxygens (including phenoxy) is 2. The van der Waals surface area contributed by atoms with E-state index >= 15 is 0 Å². The number of hydrogen-bond acceptors (Lipinski definition) is 7. The lowest BCUT2D eigenvalue weighted by Gasteiger charge is -2.19. The molecule has 190 valence electrons. The van der Waals surface area contributed by atoms with Crippen LogP contribution in [0.2, 0.25) is 0 Å². The Morgan fingerprint density at radius 2 is 1.97 bits per heavy atom. The molecule has 2 aromatic carbocycles. The second kappa shape index (κ2) is 12.5. The van der Waals surface area contributed by atoms with E-state index in [9.17, 15) is 23.0 Å². The lowest BCUT2D eigenvalue weighted by Crippen LogP contribution is -2.30. The molecule has 4 N–H and O–H groups in total. The smallest absolute Gasteiger partial charge is 0.258 e. The highest BCUT2D eigenvalue weighted by Gasteiger charge is 2.17. The summed E-state index contributed by atoms with van der Waals surface area (Å²) in [5.41, 5.74) is 6.73. The Hall–Kier alpha value is -3.15. The summed E-state index contributed by atoms with van der Waals surface area (Å²) in [6.45, 7) is 0.00272. The standard InChI is InChI=1S/C23H27ClFN4O5S/c1-28-22(19(24)12-26)18-10-15(29-23(30)17-6-5-16(33-2)11-20(17)25)4-7-21(18)34-13-14(27)8-9-35(3,31)32/h4-7,10-12,14,28H,8-9,13,27H2,1-3H3,(H,29,30)/q-1/b22-19+/t14-/m0/s1. The molecule has 0 aliphatic rings. The Labute approximate surface area is 208 Å². The molecule has 0 aliphatic heterocycles. The molecule has 0 saturated carbocycles. The second-order valence-electron chi connectivity index (χ2n) is 7.60. The molecule has 0 radical (unpaired) electrons. The summed E-state index contributed by atoms with van der Waals surface area (Å²) in [6, 6.07) is 7.90. The summed E-state index contributed by atoms with van der Waals surface area (Å²) >= 11 is 6.12. The van der Waals surface area contributed by atoms with Gasteiger partial charge in [0, 0.05) is 41.7 Å². The lowest BCUT2D eigenvalue weighted by molar-refractivity contribution is 0.102. The molecule has 0 aromatic heterocycles. The molecule has 1 amide bonds. The van der Waals surface area contributed by atoms with Crippen molar-refractivity contribution >= 4 is 44.9 Å². The highest BCUT2D eigenvalue weighted by molar-refractivity contribution is 7.90. The molecule has 2 aromatic rings. The third-order valence-electron chi connectivity index (χ3n) is 4.84. The number of nitrogens with two attached hydrogens (primary N) is 1. The van der Waals surface area contributed by atoms with Crippen LogP contribution in [-0.4, -0.2) is 59.4 Å². The Morgan fingerprint density at radius 1 is 1.26 bits per heavy atom. The molecule has 0 unspecified atom stereocenters. The number of methoxy groups -OCH3 is 1. The molecule has 0 bridgehead atoms. The van der Waals surface area contributed by atoms with Crippen LogP contribution in [0.4, 0.5) is 10.1 Å². The van der Waals surface area contributed by atoms with Crippen molar-refractivity contribution in [3.8, 4) is 11.5 Å². The van der Waals surface area contributed by atoms with Gasteiger partial charge in [-0.05, 0) is 36.8 Å². The van der Waals surface area contributed by atoms with E-state index in [1.807, 2.05) is 0 Å². The van der Waals surface area contributed by atoms with Crippen molar-refractivity contribution in [3.63, 3.8) is 0 Å². The van der Waals surface area contributed by atoms with Gasteiger partial charge < -0.3 is 31.3 Å². The molecule has 0 heterocycles. The van der Waals surface area contributed by atoms with Gasteiger partial charge in [-0.2, -0.15) is 6.21 Å². The Kier molecular flexibility index (Phi) is 10.1. The maximum absolute atomic E-state index is 14.3. The maximum atomic E-state index is 14.3. The molecule has 1 atom stereocenters. The number of benzene rings is 2. The van der Waals surface area contributed by atoms with Gasteiger partial charge in [-0.3, -0.25) is 4.79 Å². The second-order valence-corrected chi connectivity index (χ2v) is 10.3. The fraction of sp³-hybridized carbons (Fsp3) is 0.304. The van der Waals surface area contributed by atoms with Crippen LogP contribution in [0.1, 0.15) is 22.3 Å². The van der Waals surface area contributed by atoms with E-state index in [1.54, 1.807) is 7.05 Å². The number of allylic oxidation sites excluding steroid dienone is 1. The Balaban J connectivity index is 2.32. The SMILES string of the molecule is CN/C(=C(/Cl)C=[N-])c1cc(NC(=O)c2ccc(OC)cc2F)ccc1OC[C@@H](N)CCS(C)(=O)=O. The Bertz CT molecular complexity index is 1220. The van der Waals surface area contributed by atoms with Gasteiger partial charge >= 0.3 is 0 Å². The summed E-state index contributed by atoms with van der Waals surface area (Å²) in [5.74, 6) is -0.945. The largest absolute Gasteiger partial charge is 0.809 e. The van der Waals surface area contributed by atoms with E-state index in [0.29, 0.717) is 23.2 Å². The summed E-state index contributed by atoms with van der Waals surface area (Å²) < 4.78 is 47.8. The van der Waals surface area contributed by atoms with Gasteiger partial charge in [-0.25, -0.2) is 12.8 Å². The number of carbonyl (C=O) groups is 1. The highest BCUT2D eigenvalue weighted by atomic mass is 35.5. The molecular formula is C23H27ClFN4O5S-. The molecule has 0 spiro atoms. The van der Waals surface area contributed by atoms with E-state index in [2.05, 4.69) is 10.6 Å². The van der Waals surface area contributed by atoms with Crippen molar-refractivity contribution in [2.75, 3.05) is 38.1 Å². The fourth-order valence-corrected chi connectivity index (χ4v) is 3.95. The molecule has 12 heteroatoms. The summed E-state index contributed by atoms with van der Waals surface area (Å²) in [6.07, 6.45) is 2.02. The van der Waals surface area contributed by atoms with Crippen LogP contribution < -0.4 is 25.8 Å². The van der Waals surface area contributed by atoms with Crippen LogP contribution in [-0.2, 0) is 9.84 Å². The van der Waals surface area contributed by atoms with Crippen molar-refractivity contribution in [2.45, 2.75) is 12.5 Å². The molecule has 0 fully saturated rings. The fourth-order valence-electron chi connectivity index (χ4n) is 3.03. The number of halogens is 2. The van der Waals surface area contributed by atoms with Crippen LogP contribution in [0, 0.1) is 5.82 Å². The average Bonchev–Trinajstić information content (AvgIpc) is 2.81. The van der Waals surface area contributed by atoms with Crippen LogP contribution in [0.5, 0.6) is 11.5 Å². The number of carbonyl (C=O) groups excluding carboxylic acids is 1. The van der Waals surface area contributed by atoms with Crippen molar-refractivity contribution in [1.82, 2.24) is 5.32 Å². The molecule has 2 rings (SSSR count). The van der Waals surface area contributed by atoms with Crippen molar-refractivity contribution in [2.24, 2.45) is 5.73 Å². The number of rotatable bonds is 12. The summed E-state index contributed by atoms with van der Waals surface area (Å²) in [5, 5.41) is 14.8. The van der Waals surface area contributed by atoms with E-state index in [1.165, 1.54) is 37.4 Å². The van der Waals surface area contributed by atoms with Crippen molar-refractivity contribution in [3.05, 3.63) is 63.8 Å². The zero-order chi connectivity index (χ0) is 26.2. The van der Waals surface area contributed by atoms with Gasteiger partial charge in [0.05, 0.1) is 24.1 Å². The third-order valence-corrected chi connectivity index (χ3v) is 6.11. The first-order valence-electron chi connectivity index (χ1n) is 10.4. The number of sulfone groups is 1. The van der Waals surface area contributed by atoms with Gasteiger partial charge in [-0.1, -0.05) is 11.6 Å². The van der Waals surface area contributed by atoms with Gasteiger partial charge in [-0.15, -0.1) is 0 Å². The van der Waals surface area contributed by atoms with E-state index in [4.69, 9.17) is 26.8 Å². The van der Waals surface area contributed by atoms with E-state index < -0.39 is 27.6 Å². The predicted molar refractivity (Wildman–Crippen MR) is 136 cm³/mol. The zero-order valence-corrected chi connectivity index (χ0v) is 21.0. The molecular weight excluding hydrogens is 499 g/mol. The van der Waals surface area contributed by atoms with Gasteiger partial charge in [0.1, 0.15) is 33.8 Å². The molecule has 9 nitrogen and oxygen atoms in total. The first-order valence-corrected chi connectivity index (χ1v) is 12.8. The topological polar surface area (TPSA) is 142 Å². The summed E-state index contributed by atoms with van der Waals surface area (Å²) in [4.78, 5) is 12.6. The van der Waals surface area contributed by atoms with Crippen molar-refractivity contribution < 1.29 is 27.1 Å². The molecule has 0 saturated heterocycles. The van der Waals surface area contributed by atoms with Gasteiger partial charge in [0.25, 0.3) is 5.91 Å². The number of hydrogen-bond donors (Lipinski definition) is 3. The van der Waals surface area contributed by atoms with Gasteiger partial charge in [0.15, 0.2) is 0 Å². The molecule has 0 aliphatic carbocycles. The minimum absolute atomic E-state index is 0.00272. The van der Waals surface area contributed by atoms with Crippen LogP contribution in [0.3, 0.4) is 0 Å². The predicted octanol–water partition coefficient (Wildman–Crippen LogP) is 2.99. The van der Waals surface area contributed by atoms with E-state index in [-0.39, 0.29) is 40.8 Å². The third kappa shape index (κ3) is 8.23. The summed E-state index contributed by atoms with van der Waals surface area (Å²) in [7, 11) is -0.207. The lowest BCUT2D eigenvalue weighted by atomic mass is 10.1. The first-order chi connectivity index (χ1) is 16.5. The number of anilines is 1. The normalized spacial score (nSPS) is 12.9.